The highest BCUT2D eigenvalue weighted by molar-refractivity contribution is 7.90. The number of benzene rings is 2. The van der Waals surface area contributed by atoms with E-state index in [1.807, 2.05) is 20.8 Å². The molecule has 0 unspecified atom stereocenters. The van der Waals surface area contributed by atoms with Crippen LogP contribution in [0.15, 0.2) is 46.3 Å². The molecule has 0 aliphatic carbocycles. The molecule has 0 bridgehead atoms. The van der Waals surface area contributed by atoms with Crippen LogP contribution in [0.4, 0.5) is 5.69 Å². The van der Waals surface area contributed by atoms with E-state index in [0.29, 0.717) is 61.6 Å². The number of hydrogen-bond donors (Lipinski definition) is 2. The lowest BCUT2D eigenvalue weighted by Gasteiger charge is -2.17. The SMILES string of the molecule is CCOc1cc(C(=O)Nc2cccc(S(=O)(=O)NC3=NCCC3)c2)cc(OCC)c1OCC. The summed E-state index contributed by atoms with van der Waals surface area (Å²) in [5.41, 5.74) is 0.623. The Hall–Kier alpha value is -3.27. The molecule has 33 heavy (non-hydrogen) atoms. The van der Waals surface area contributed by atoms with Gasteiger partial charge in [-0.25, -0.2) is 8.42 Å². The standard InChI is InChI=1S/C23H29N3O6S/c1-4-30-19-13-16(14-20(31-5-2)22(19)32-6-3)23(27)25-17-9-7-10-18(15-17)33(28,29)26-21-11-8-12-24-21/h7,9-10,13-15H,4-6,8,11-12H2,1-3H3,(H,24,26)(H,25,27). The molecule has 9 nitrogen and oxygen atoms in total. The zero-order valence-corrected chi connectivity index (χ0v) is 19.8. The predicted octanol–water partition coefficient (Wildman–Crippen LogP) is 3.61. The molecule has 2 N–H and O–H groups in total. The van der Waals surface area contributed by atoms with Crippen LogP contribution < -0.4 is 24.2 Å². The average Bonchev–Trinajstić information content (AvgIpc) is 3.28. The molecule has 0 fully saturated rings. The third-order valence-corrected chi connectivity index (χ3v) is 6.08. The highest BCUT2D eigenvalue weighted by Crippen LogP contribution is 2.39. The van der Waals surface area contributed by atoms with E-state index >= 15 is 0 Å². The van der Waals surface area contributed by atoms with Gasteiger partial charge in [-0.05, 0) is 57.5 Å². The molecule has 1 aliphatic rings. The molecule has 1 aliphatic heterocycles. The Balaban J connectivity index is 1.85. The lowest BCUT2D eigenvalue weighted by molar-refractivity contribution is 0.102. The minimum atomic E-state index is -3.80. The summed E-state index contributed by atoms with van der Waals surface area (Å²) in [6.45, 7) is 7.31. The van der Waals surface area contributed by atoms with Gasteiger partial charge in [0.2, 0.25) is 5.75 Å². The van der Waals surface area contributed by atoms with Crippen molar-refractivity contribution >= 4 is 27.5 Å². The Morgan fingerprint density at radius 3 is 2.24 bits per heavy atom. The fraction of sp³-hybridized carbons (Fsp3) is 0.391. The van der Waals surface area contributed by atoms with Gasteiger partial charge in [-0.3, -0.25) is 14.5 Å². The molecule has 0 atom stereocenters. The number of carbonyl (C=O) groups is 1. The normalized spacial score (nSPS) is 13.2. The molecule has 2 aromatic carbocycles. The van der Waals surface area contributed by atoms with Crippen LogP contribution in [0, 0.1) is 0 Å². The van der Waals surface area contributed by atoms with Crippen LogP contribution in [0.1, 0.15) is 44.0 Å². The lowest BCUT2D eigenvalue weighted by atomic mass is 10.1. The minimum Gasteiger partial charge on any atom is -0.490 e. The van der Waals surface area contributed by atoms with E-state index in [9.17, 15) is 13.2 Å². The van der Waals surface area contributed by atoms with Crippen molar-refractivity contribution in [2.45, 2.75) is 38.5 Å². The maximum atomic E-state index is 13.0. The molecule has 1 heterocycles. The van der Waals surface area contributed by atoms with Crippen LogP contribution >= 0.6 is 0 Å². The fourth-order valence-electron chi connectivity index (χ4n) is 3.30. The third kappa shape index (κ3) is 6.16. The summed E-state index contributed by atoms with van der Waals surface area (Å²) in [6.07, 6.45) is 1.42. The van der Waals surface area contributed by atoms with Gasteiger partial charge in [0.1, 0.15) is 5.84 Å². The summed E-state index contributed by atoms with van der Waals surface area (Å²) in [5.74, 6) is 1.24. The van der Waals surface area contributed by atoms with E-state index in [4.69, 9.17) is 14.2 Å². The van der Waals surface area contributed by atoms with E-state index in [1.54, 1.807) is 24.3 Å². The van der Waals surface area contributed by atoms with E-state index in [0.717, 1.165) is 6.42 Å². The van der Waals surface area contributed by atoms with Gasteiger partial charge in [0.15, 0.2) is 11.5 Å². The number of amides is 1. The monoisotopic (exact) mass is 475 g/mol. The number of nitrogens with zero attached hydrogens (tertiary/aromatic N) is 1. The zero-order valence-electron chi connectivity index (χ0n) is 19.0. The molecular weight excluding hydrogens is 446 g/mol. The van der Waals surface area contributed by atoms with E-state index in [-0.39, 0.29) is 10.5 Å². The lowest BCUT2D eigenvalue weighted by Crippen LogP contribution is -2.29. The van der Waals surface area contributed by atoms with Crippen molar-refractivity contribution in [2.75, 3.05) is 31.7 Å². The van der Waals surface area contributed by atoms with Crippen LogP contribution in [0.3, 0.4) is 0 Å². The first-order valence-electron chi connectivity index (χ1n) is 10.9. The number of amidine groups is 1. The molecule has 3 rings (SSSR count). The van der Waals surface area contributed by atoms with Crippen LogP contribution in [-0.2, 0) is 10.0 Å². The minimum absolute atomic E-state index is 0.0339. The zero-order chi connectivity index (χ0) is 23.8. The first kappa shape index (κ1) is 24.4. The van der Waals surface area contributed by atoms with Crippen molar-refractivity contribution < 1.29 is 27.4 Å². The first-order chi connectivity index (χ1) is 15.9. The van der Waals surface area contributed by atoms with Crippen molar-refractivity contribution in [2.24, 2.45) is 4.99 Å². The summed E-state index contributed by atoms with van der Waals surface area (Å²) >= 11 is 0. The molecule has 0 saturated carbocycles. The average molecular weight is 476 g/mol. The molecule has 1 amide bonds. The highest BCUT2D eigenvalue weighted by atomic mass is 32.2. The van der Waals surface area contributed by atoms with Gasteiger partial charge in [0, 0.05) is 24.2 Å². The second-order valence-corrected chi connectivity index (χ2v) is 8.80. The summed E-state index contributed by atoms with van der Waals surface area (Å²) in [5, 5.41) is 2.74. The largest absolute Gasteiger partial charge is 0.490 e. The quantitative estimate of drug-likeness (QED) is 0.542. The molecule has 10 heteroatoms. The van der Waals surface area contributed by atoms with Crippen molar-refractivity contribution in [1.29, 1.82) is 0 Å². The Kier molecular flexibility index (Phi) is 8.16. The number of sulfonamides is 1. The molecule has 178 valence electrons. The van der Waals surface area contributed by atoms with Gasteiger partial charge in [-0.1, -0.05) is 6.07 Å². The third-order valence-electron chi connectivity index (χ3n) is 4.70. The van der Waals surface area contributed by atoms with Gasteiger partial charge in [-0.2, -0.15) is 0 Å². The second-order valence-electron chi connectivity index (χ2n) is 7.12. The van der Waals surface area contributed by atoms with Crippen LogP contribution in [-0.4, -0.2) is 46.5 Å². The Bertz CT molecular complexity index is 1100. The topological polar surface area (TPSA) is 115 Å². The molecule has 0 spiro atoms. The van der Waals surface area contributed by atoms with E-state index in [1.165, 1.54) is 12.1 Å². The number of anilines is 1. The molecule has 2 aromatic rings. The summed E-state index contributed by atoms with van der Waals surface area (Å²) in [6, 6.07) is 9.20. The molecular formula is C23H29N3O6S. The summed E-state index contributed by atoms with van der Waals surface area (Å²) in [7, 11) is -3.80. The summed E-state index contributed by atoms with van der Waals surface area (Å²) < 4.78 is 44.9. The summed E-state index contributed by atoms with van der Waals surface area (Å²) in [4.78, 5) is 17.2. The maximum absolute atomic E-state index is 13.0. The Morgan fingerprint density at radius 2 is 1.67 bits per heavy atom. The number of nitrogens with one attached hydrogen (secondary N) is 2. The van der Waals surface area contributed by atoms with E-state index < -0.39 is 15.9 Å². The molecule has 0 saturated heterocycles. The fourth-order valence-corrected chi connectivity index (χ4v) is 4.44. The van der Waals surface area contributed by atoms with E-state index in [2.05, 4.69) is 15.0 Å². The number of hydrogen-bond acceptors (Lipinski definition) is 7. The van der Waals surface area contributed by atoms with Crippen molar-refractivity contribution in [3.8, 4) is 17.2 Å². The number of carbonyl (C=O) groups excluding carboxylic acids is 1. The smallest absolute Gasteiger partial charge is 0.262 e. The molecule has 0 radical (unpaired) electrons. The Morgan fingerprint density at radius 1 is 1.00 bits per heavy atom. The van der Waals surface area contributed by atoms with Gasteiger partial charge >= 0.3 is 0 Å². The number of aliphatic imine (C=N–C) groups is 1. The van der Waals surface area contributed by atoms with Gasteiger partial charge < -0.3 is 19.5 Å². The van der Waals surface area contributed by atoms with Gasteiger partial charge in [0.25, 0.3) is 15.9 Å². The second kappa shape index (κ2) is 11.0. The van der Waals surface area contributed by atoms with Crippen LogP contribution in [0.5, 0.6) is 17.2 Å². The van der Waals surface area contributed by atoms with Crippen molar-refractivity contribution in [3.05, 3.63) is 42.0 Å². The van der Waals surface area contributed by atoms with Crippen LogP contribution in [0.2, 0.25) is 0 Å². The first-order valence-corrected chi connectivity index (χ1v) is 12.4. The maximum Gasteiger partial charge on any atom is 0.262 e. The number of rotatable bonds is 10. The van der Waals surface area contributed by atoms with Gasteiger partial charge in [-0.15, -0.1) is 0 Å². The Labute approximate surface area is 194 Å². The van der Waals surface area contributed by atoms with Crippen LogP contribution in [0.25, 0.3) is 0 Å². The van der Waals surface area contributed by atoms with Crippen molar-refractivity contribution in [1.82, 2.24) is 4.72 Å². The van der Waals surface area contributed by atoms with Gasteiger partial charge in [0.05, 0.1) is 24.7 Å². The molecule has 0 aromatic heterocycles. The predicted molar refractivity (Wildman–Crippen MR) is 126 cm³/mol. The number of ether oxygens (including phenoxy) is 3. The van der Waals surface area contributed by atoms with Crippen molar-refractivity contribution in [3.63, 3.8) is 0 Å². The highest BCUT2D eigenvalue weighted by Gasteiger charge is 2.21.